The second kappa shape index (κ2) is 8.48. The van der Waals surface area contributed by atoms with Gasteiger partial charge in [0.15, 0.2) is 0 Å². The molecule has 0 saturated heterocycles. The lowest BCUT2D eigenvalue weighted by molar-refractivity contribution is -0.124. The molecule has 0 aliphatic heterocycles. The second-order valence-corrected chi connectivity index (χ2v) is 5.79. The number of hydrogen-bond donors (Lipinski definition) is 2. The summed E-state index contributed by atoms with van der Waals surface area (Å²) in [4.78, 5) is 13.7. The van der Waals surface area contributed by atoms with Gasteiger partial charge in [-0.2, -0.15) is 0 Å². The fourth-order valence-corrected chi connectivity index (χ4v) is 1.64. The zero-order chi connectivity index (χ0) is 14.2. The van der Waals surface area contributed by atoms with Crippen molar-refractivity contribution in [2.75, 3.05) is 20.2 Å². The number of carbonyl (C=O) groups is 1. The maximum absolute atomic E-state index is 11.8. The molecule has 0 aromatic rings. The smallest absolute Gasteiger partial charge is 0.234 e. The van der Waals surface area contributed by atoms with Gasteiger partial charge in [-0.1, -0.05) is 26.2 Å². The summed E-state index contributed by atoms with van der Waals surface area (Å²) in [5.41, 5.74) is -0.358. The Hall–Kier alpha value is -0.610. The lowest BCUT2D eigenvalue weighted by Crippen LogP contribution is -2.49. The van der Waals surface area contributed by atoms with Gasteiger partial charge >= 0.3 is 0 Å². The van der Waals surface area contributed by atoms with Gasteiger partial charge in [0.05, 0.1) is 13.2 Å². The quantitative estimate of drug-likeness (QED) is 0.620. The number of hydrogen-bond acceptors (Lipinski definition) is 3. The van der Waals surface area contributed by atoms with Crippen molar-refractivity contribution in [3.05, 3.63) is 0 Å². The van der Waals surface area contributed by atoms with Gasteiger partial charge in [-0.05, 0) is 34.2 Å². The van der Waals surface area contributed by atoms with Gasteiger partial charge in [0.25, 0.3) is 0 Å². The average molecular weight is 258 g/mol. The molecule has 1 atom stereocenters. The van der Waals surface area contributed by atoms with Crippen LogP contribution in [0.15, 0.2) is 0 Å². The van der Waals surface area contributed by atoms with Gasteiger partial charge in [-0.15, -0.1) is 0 Å². The van der Waals surface area contributed by atoms with Crippen molar-refractivity contribution in [1.29, 1.82) is 0 Å². The van der Waals surface area contributed by atoms with E-state index in [0.717, 1.165) is 12.8 Å². The minimum Gasteiger partial charge on any atom is -0.394 e. The Balaban J connectivity index is 3.96. The zero-order valence-electron chi connectivity index (χ0n) is 12.6. The molecule has 1 amide bonds. The number of rotatable bonds is 9. The highest BCUT2D eigenvalue weighted by atomic mass is 16.3. The van der Waals surface area contributed by atoms with Crippen molar-refractivity contribution >= 4 is 5.91 Å². The van der Waals surface area contributed by atoms with E-state index < -0.39 is 0 Å². The highest BCUT2D eigenvalue weighted by molar-refractivity contribution is 5.78. The van der Waals surface area contributed by atoms with Crippen LogP contribution >= 0.6 is 0 Å². The molecule has 18 heavy (non-hydrogen) atoms. The van der Waals surface area contributed by atoms with Gasteiger partial charge < -0.3 is 10.4 Å². The molecular weight excluding hydrogens is 228 g/mol. The Labute approximate surface area is 112 Å². The van der Waals surface area contributed by atoms with Crippen LogP contribution in [0, 0.1) is 0 Å². The number of aliphatic hydroxyl groups is 1. The van der Waals surface area contributed by atoms with E-state index in [1.165, 1.54) is 12.8 Å². The molecule has 2 N–H and O–H groups in total. The van der Waals surface area contributed by atoms with Gasteiger partial charge in [-0.3, -0.25) is 9.69 Å². The summed E-state index contributed by atoms with van der Waals surface area (Å²) in [5.74, 6) is 0.0306. The summed E-state index contributed by atoms with van der Waals surface area (Å²) in [7, 11) is 1.86. The van der Waals surface area contributed by atoms with Crippen LogP contribution in [0.3, 0.4) is 0 Å². The zero-order valence-corrected chi connectivity index (χ0v) is 12.6. The molecule has 0 aliphatic carbocycles. The summed E-state index contributed by atoms with van der Waals surface area (Å²) in [5, 5.41) is 12.2. The molecule has 4 heteroatoms. The van der Waals surface area contributed by atoms with Gasteiger partial charge in [0.1, 0.15) is 0 Å². The van der Waals surface area contributed by atoms with E-state index in [2.05, 4.69) is 12.2 Å². The molecule has 0 rings (SSSR count). The van der Waals surface area contributed by atoms with Crippen LogP contribution in [0.5, 0.6) is 0 Å². The lowest BCUT2D eigenvalue weighted by Gasteiger charge is -2.33. The maximum atomic E-state index is 11.8. The van der Waals surface area contributed by atoms with Crippen LogP contribution < -0.4 is 5.32 Å². The van der Waals surface area contributed by atoms with Crippen molar-refractivity contribution in [1.82, 2.24) is 10.2 Å². The Morgan fingerprint density at radius 3 is 2.50 bits per heavy atom. The molecule has 0 aromatic heterocycles. The summed E-state index contributed by atoms with van der Waals surface area (Å²) in [6.07, 6.45) is 4.62. The lowest BCUT2D eigenvalue weighted by atomic mass is 10.1. The number of carbonyl (C=O) groups excluding carboxylic acids is 1. The SMILES string of the molecule is CCCCCC(C)NC(=O)CN(C)C(C)(C)CO. The first-order valence-electron chi connectivity index (χ1n) is 6.95. The van der Waals surface area contributed by atoms with Gasteiger partial charge in [0.2, 0.25) is 5.91 Å². The molecular formula is C14H30N2O2. The summed E-state index contributed by atoms with van der Waals surface area (Å²) < 4.78 is 0. The Morgan fingerprint density at radius 1 is 1.39 bits per heavy atom. The monoisotopic (exact) mass is 258 g/mol. The number of nitrogens with zero attached hydrogens (tertiary/aromatic N) is 1. The predicted molar refractivity (Wildman–Crippen MR) is 75.5 cm³/mol. The standard InChI is InChI=1S/C14H30N2O2/c1-6-7-8-9-12(2)15-13(18)10-16(5)14(3,4)11-17/h12,17H,6-11H2,1-5H3,(H,15,18). The molecule has 0 heterocycles. The van der Waals surface area contributed by atoms with E-state index >= 15 is 0 Å². The fraction of sp³-hybridized carbons (Fsp3) is 0.929. The average Bonchev–Trinajstić information content (AvgIpc) is 2.28. The molecule has 0 fully saturated rings. The van der Waals surface area contributed by atoms with E-state index in [1.807, 2.05) is 32.7 Å². The fourth-order valence-electron chi connectivity index (χ4n) is 1.64. The van der Waals surface area contributed by atoms with Gasteiger partial charge in [-0.25, -0.2) is 0 Å². The highest BCUT2D eigenvalue weighted by Gasteiger charge is 2.24. The Kier molecular flexibility index (Phi) is 8.20. The topological polar surface area (TPSA) is 52.6 Å². The van der Waals surface area contributed by atoms with Crippen LogP contribution in [0.2, 0.25) is 0 Å². The molecule has 0 radical (unpaired) electrons. The molecule has 0 spiro atoms. The van der Waals surface area contributed by atoms with Crippen molar-refractivity contribution in [2.45, 2.75) is 65.0 Å². The number of likely N-dealkylation sites (N-methyl/N-ethyl adjacent to an activating group) is 1. The first-order valence-corrected chi connectivity index (χ1v) is 6.95. The molecule has 0 aromatic carbocycles. The van der Waals surface area contributed by atoms with Crippen LogP contribution in [-0.2, 0) is 4.79 Å². The molecule has 0 aliphatic rings. The number of unbranched alkanes of at least 4 members (excludes halogenated alkanes) is 2. The summed E-state index contributed by atoms with van der Waals surface area (Å²) >= 11 is 0. The normalized spacial score (nSPS) is 13.7. The molecule has 108 valence electrons. The van der Waals surface area contributed by atoms with E-state index in [1.54, 1.807) is 0 Å². The summed E-state index contributed by atoms with van der Waals surface area (Å²) in [6, 6.07) is 0.231. The first kappa shape index (κ1) is 17.4. The third-order valence-corrected chi connectivity index (χ3v) is 3.45. The number of aliphatic hydroxyl groups excluding tert-OH is 1. The number of nitrogens with one attached hydrogen (secondary N) is 1. The minimum absolute atomic E-state index is 0.0306. The first-order chi connectivity index (χ1) is 8.33. The van der Waals surface area contributed by atoms with Gasteiger partial charge in [0, 0.05) is 11.6 Å². The molecule has 1 unspecified atom stereocenters. The molecule has 0 bridgehead atoms. The van der Waals surface area contributed by atoms with Crippen molar-refractivity contribution in [2.24, 2.45) is 0 Å². The van der Waals surface area contributed by atoms with Crippen LogP contribution in [-0.4, -0.2) is 47.7 Å². The second-order valence-electron chi connectivity index (χ2n) is 5.79. The predicted octanol–water partition coefficient (Wildman–Crippen LogP) is 1.77. The van der Waals surface area contributed by atoms with E-state index in [4.69, 9.17) is 0 Å². The van der Waals surface area contributed by atoms with Crippen LogP contribution in [0.1, 0.15) is 53.4 Å². The van der Waals surface area contributed by atoms with E-state index in [9.17, 15) is 9.90 Å². The van der Waals surface area contributed by atoms with Crippen LogP contribution in [0.25, 0.3) is 0 Å². The highest BCUT2D eigenvalue weighted by Crippen LogP contribution is 2.10. The molecule has 0 saturated carbocycles. The van der Waals surface area contributed by atoms with Crippen molar-refractivity contribution in [3.63, 3.8) is 0 Å². The Bertz CT molecular complexity index is 242. The maximum Gasteiger partial charge on any atom is 0.234 e. The minimum atomic E-state index is -0.358. The summed E-state index contributed by atoms with van der Waals surface area (Å²) in [6.45, 7) is 8.43. The van der Waals surface area contributed by atoms with Crippen molar-refractivity contribution in [3.8, 4) is 0 Å². The van der Waals surface area contributed by atoms with Crippen molar-refractivity contribution < 1.29 is 9.90 Å². The third-order valence-electron chi connectivity index (χ3n) is 3.45. The molecule has 4 nitrogen and oxygen atoms in total. The van der Waals surface area contributed by atoms with E-state index in [-0.39, 0.29) is 24.1 Å². The van der Waals surface area contributed by atoms with Crippen LogP contribution in [0.4, 0.5) is 0 Å². The van der Waals surface area contributed by atoms with E-state index in [0.29, 0.717) is 6.54 Å². The third kappa shape index (κ3) is 6.97. The Morgan fingerprint density at radius 2 is 2.00 bits per heavy atom. The largest absolute Gasteiger partial charge is 0.394 e. The number of amides is 1.